The van der Waals surface area contributed by atoms with Gasteiger partial charge in [0.05, 0.1) is 31.2 Å². The standard InChI is InChI=1S/C27H39NO6/c1-26(2)21(23(29)30)14-15-27(26,3)25(32)28-22(24(31)33-4)16-18-10-12-20(13-11-18)34-17-19-8-6-5-7-9-19/h5-9,18,20-22H,10-17H2,1-4H3,(H,28,32)(H,29,30)/t18?,20?,21-,22-,27+/m1/s1. The van der Waals surface area contributed by atoms with E-state index in [1.54, 1.807) is 0 Å². The second-order valence-electron chi connectivity index (χ2n) is 10.7. The van der Waals surface area contributed by atoms with Crippen LogP contribution in [0.25, 0.3) is 0 Å². The van der Waals surface area contributed by atoms with Gasteiger partial charge in [0, 0.05) is 0 Å². The molecule has 0 aliphatic heterocycles. The van der Waals surface area contributed by atoms with E-state index in [0.717, 1.165) is 31.2 Å². The molecule has 34 heavy (non-hydrogen) atoms. The zero-order chi connectivity index (χ0) is 24.9. The average molecular weight is 474 g/mol. The summed E-state index contributed by atoms with van der Waals surface area (Å²) in [5.74, 6) is -1.90. The van der Waals surface area contributed by atoms with Crippen LogP contribution in [-0.4, -0.2) is 42.2 Å². The number of carbonyl (C=O) groups excluding carboxylic acids is 2. The Balaban J connectivity index is 1.56. The maximum Gasteiger partial charge on any atom is 0.328 e. The molecule has 1 aromatic carbocycles. The summed E-state index contributed by atoms with van der Waals surface area (Å²) in [7, 11) is 1.33. The monoisotopic (exact) mass is 473 g/mol. The smallest absolute Gasteiger partial charge is 0.328 e. The van der Waals surface area contributed by atoms with Crippen LogP contribution in [0.15, 0.2) is 30.3 Å². The van der Waals surface area contributed by atoms with Crippen LogP contribution in [0.1, 0.15) is 71.3 Å². The highest BCUT2D eigenvalue weighted by molar-refractivity contribution is 5.89. The number of hydrogen-bond acceptors (Lipinski definition) is 5. The van der Waals surface area contributed by atoms with Crippen molar-refractivity contribution in [2.75, 3.05) is 7.11 Å². The number of esters is 1. The Morgan fingerprint density at radius 2 is 1.71 bits per heavy atom. The highest BCUT2D eigenvalue weighted by atomic mass is 16.5. The molecule has 0 radical (unpaired) electrons. The fourth-order valence-electron chi connectivity index (χ4n) is 5.67. The van der Waals surface area contributed by atoms with E-state index in [1.807, 2.05) is 39.0 Å². The van der Waals surface area contributed by atoms with Gasteiger partial charge >= 0.3 is 11.9 Å². The summed E-state index contributed by atoms with van der Waals surface area (Å²) < 4.78 is 11.1. The van der Waals surface area contributed by atoms with Gasteiger partial charge in [-0.05, 0) is 61.8 Å². The third kappa shape index (κ3) is 5.62. The molecule has 7 heteroatoms. The van der Waals surface area contributed by atoms with Gasteiger partial charge in [-0.3, -0.25) is 9.59 Å². The molecule has 0 aromatic heterocycles. The fourth-order valence-corrected chi connectivity index (χ4v) is 5.67. The lowest BCUT2D eigenvalue weighted by molar-refractivity contribution is -0.152. The van der Waals surface area contributed by atoms with Gasteiger partial charge in [-0.2, -0.15) is 0 Å². The lowest BCUT2D eigenvalue weighted by atomic mass is 9.65. The average Bonchev–Trinajstić information content (AvgIpc) is 3.07. The number of carbonyl (C=O) groups is 3. The maximum absolute atomic E-state index is 13.4. The predicted molar refractivity (Wildman–Crippen MR) is 128 cm³/mol. The van der Waals surface area contributed by atoms with Crippen molar-refractivity contribution in [2.24, 2.45) is 22.7 Å². The number of rotatable bonds is 9. The van der Waals surface area contributed by atoms with Gasteiger partial charge in [0.25, 0.3) is 0 Å². The van der Waals surface area contributed by atoms with Crippen molar-refractivity contribution >= 4 is 17.8 Å². The first-order valence-electron chi connectivity index (χ1n) is 12.4. The van der Waals surface area contributed by atoms with Crippen LogP contribution in [0, 0.1) is 22.7 Å². The first kappa shape index (κ1) is 26.2. The highest BCUT2D eigenvalue weighted by Gasteiger charge is 2.58. The lowest BCUT2D eigenvalue weighted by Crippen LogP contribution is -2.53. The third-order valence-electron chi connectivity index (χ3n) is 8.51. The molecular formula is C27H39NO6. The molecule has 188 valence electrons. The van der Waals surface area contributed by atoms with Gasteiger partial charge in [0.1, 0.15) is 6.04 Å². The SMILES string of the molecule is COC(=O)[C@@H](CC1CCC(OCc2ccccc2)CC1)NC(=O)[C@]1(C)CC[C@H](C(=O)O)C1(C)C. The highest BCUT2D eigenvalue weighted by Crippen LogP contribution is 2.56. The molecule has 0 spiro atoms. The Morgan fingerprint density at radius 3 is 2.26 bits per heavy atom. The zero-order valence-corrected chi connectivity index (χ0v) is 20.8. The summed E-state index contributed by atoms with van der Waals surface area (Å²) in [6, 6.07) is 9.38. The van der Waals surface area contributed by atoms with E-state index in [9.17, 15) is 19.5 Å². The Kier molecular flexibility index (Phi) is 8.39. The minimum absolute atomic E-state index is 0.203. The van der Waals surface area contributed by atoms with E-state index in [0.29, 0.717) is 25.9 Å². The number of amides is 1. The van der Waals surface area contributed by atoms with Crippen molar-refractivity contribution in [3.63, 3.8) is 0 Å². The topological polar surface area (TPSA) is 102 Å². The van der Waals surface area contributed by atoms with Crippen LogP contribution >= 0.6 is 0 Å². The minimum Gasteiger partial charge on any atom is -0.481 e. The van der Waals surface area contributed by atoms with E-state index in [1.165, 1.54) is 7.11 Å². The number of benzene rings is 1. The van der Waals surface area contributed by atoms with E-state index < -0.39 is 34.7 Å². The normalized spacial score (nSPS) is 29.2. The van der Waals surface area contributed by atoms with E-state index in [4.69, 9.17) is 9.47 Å². The summed E-state index contributed by atoms with van der Waals surface area (Å²) in [6.45, 7) is 6.09. The molecule has 7 nitrogen and oxygen atoms in total. The van der Waals surface area contributed by atoms with Crippen molar-refractivity contribution in [3.8, 4) is 0 Å². The van der Waals surface area contributed by atoms with E-state index >= 15 is 0 Å². The third-order valence-corrected chi connectivity index (χ3v) is 8.51. The van der Waals surface area contributed by atoms with Crippen LogP contribution < -0.4 is 5.32 Å². The van der Waals surface area contributed by atoms with Crippen molar-refractivity contribution in [3.05, 3.63) is 35.9 Å². The summed E-state index contributed by atoms with van der Waals surface area (Å²) >= 11 is 0. The molecule has 3 atom stereocenters. The number of aliphatic carboxylic acids is 1. The van der Waals surface area contributed by atoms with Gasteiger partial charge in [0.15, 0.2) is 0 Å². The van der Waals surface area contributed by atoms with Gasteiger partial charge in [0.2, 0.25) is 5.91 Å². The largest absolute Gasteiger partial charge is 0.481 e. The molecule has 2 aliphatic carbocycles. The van der Waals surface area contributed by atoms with Crippen LogP contribution in [0.2, 0.25) is 0 Å². The maximum atomic E-state index is 13.4. The number of nitrogens with one attached hydrogen (secondary N) is 1. The zero-order valence-electron chi connectivity index (χ0n) is 20.8. The molecule has 0 heterocycles. The molecule has 0 bridgehead atoms. The van der Waals surface area contributed by atoms with Gasteiger partial charge < -0.3 is 19.9 Å². The predicted octanol–water partition coefficient (Wildman–Crippen LogP) is 4.34. The summed E-state index contributed by atoms with van der Waals surface area (Å²) in [6.07, 6.45) is 5.33. The number of methoxy groups -OCH3 is 1. The van der Waals surface area contributed by atoms with Crippen LogP contribution in [0.4, 0.5) is 0 Å². The Morgan fingerprint density at radius 1 is 1.06 bits per heavy atom. The molecule has 1 amide bonds. The van der Waals surface area contributed by atoms with Gasteiger partial charge in [-0.15, -0.1) is 0 Å². The quantitative estimate of drug-likeness (QED) is 0.518. The molecule has 0 unspecified atom stereocenters. The first-order chi connectivity index (χ1) is 16.1. The number of ether oxygens (including phenoxy) is 2. The second kappa shape index (κ2) is 10.9. The molecule has 1 aromatic rings. The summed E-state index contributed by atoms with van der Waals surface area (Å²) in [5, 5.41) is 12.5. The minimum atomic E-state index is -0.878. The molecule has 0 saturated heterocycles. The second-order valence-corrected chi connectivity index (χ2v) is 10.7. The molecule has 2 saturated carbocycles. The molecule has 2 N–H and O–H groups in total. The van der Waals surface area contributed by atoms with Crippen LogP contribution in [0.5, 0.6) is 0 Å². The van der Waals surface area contributed by atoms with Gasteiger partial charge in [-0.25, -0.2) is 4.79 Å². The Bertz CT molecular complexity index is 861. The summed E-state index contributed by atoms with van der Waals surface area (Å²) in [5.41, 5.74) is -0.435. The Hall–Kier alpha value is -2.41. The van der Waals surface area contributed by atoms with E-state index in [2.05, 4.69) is 17.4 Å². The molecule has 2 aliphatic rings. The number of carboxylic acid groups (broad SMARTS) is 1. The van der Waals surface area contributed by atoms with E-state index in [-0.39, 0.29) is 17.9 Å². The summed E-state index contributed by atoms with van der Waals surface area (Å²) in [4.78, 5) is 37.6. The number of hydrogen-bond donors (Lipinski definition) is 2. The molecular weight excluding hydrogens is 434 g/mol. The first-order valence-corrected chi connectivity index (χ1v) is 12.4. The number of carboxylic acids is 1. The van der Waals surface area contributed by atoms with Gasteiger partial charge in [-0.1, -0.05) is 51.1 Å². The van der Waals surface area contributed by atoms with Crippen molar-refractivity contribution in [1.82, 2.24) is 5.32 Å². The van der Waals surface area contributed by atoms with Crippen molar-refractivity contribution in [1.29, 1.82) is 0 Å². The lowest BCUT2D eigenvalue weighted by Gasteiger charge is -2.40. The van der Waals surface area contributed by atoms with Crippen molar-refractivity contribution < 1.29 is 29.0 Å². The van der Waals surface area contributed by atoms with Crippen LogP contribution in [0.3, 0.4) is 0 Å². The van der Waals surface area contributed by atoms with Crippen molar-refractivity contribution in [2.45, 2.75) is 84.5 Å². The molecule has 2 fully saturated rings. The van der Waals surface area contributed by atoms with Crippen LogP contribution in [-0.2, 0) is 30.5 Å². The Labute approximate surface area is 202 Å². The molecule has 3 rings (SSSR count). The fraction of sp³-hybridized carbons (Fsp3) is 0.667.